The quantitative estimate of drug-likeness (QED) is 0.307. The molecule has 2 aliphatic rings. The fraction of sp³-hybridized carbons (Fsp3) is 0.333. The van der Waals surface area contributed by atoms with Crippen LogP contribution in [-0.4, -0.2) is 48.8 Å². The van der Waals surface area contributed by atoms with Gasteiger partial charge in [-0.3, -0.25) is 4.99 Å². The van der Waals surface area contributed by atoms with Gasteiger partial charge in [0, 0.05) is 17.5 Å². The van der Waals surface area contributed by atoms with Crippen LogP contribution in [0.15, 0.2) is 69.3 Å². The molecule has 0 radical (unpaired) electrons. The predicted octanol–water partition coefficient (Wildman–Crippen LogP) is 4.99. The number of fused-ring (bicyclic) bond motifs is 1. The van der Waals surface area contributed by atoms with Crippen LogP contribution in [0.4, 0.5) is 15.8 Å². The second kappa shape index (κ2) is 9.42. The monoisotopic (exact) mass is 504 g/mol. The first-order chi connectivity index (χ1) is 16.2. The maximum Gasteiger partial charge on any atom is 0.368 e. The number of benzene rings is 2. The van der Waals surface area contributed by atoms with Crippen molar-refractivity contribution in [2.24, 2.45) is 4.99 Å². The molecule has 2 aromatic rings. The van der Waals surface area contributed by atoms with E-state index in [2.05, 4.69) is 4.99 Å². The maximum absolute atomic E-state index is 13.6. The van der Waals surface area contributed by atoms with Crippen molar-refractivity contribution in [2.45, 2.75) is 42.0 Å². The lowest BCUT2D eigenvalue weighted by atomic mass is 10.0. The number of hydrogen-bond donors (Lipinski definition) is 1. The van der Waals surface area contributed by atoms with Crippen LogP contribution in [0.5, 0.6) is 5.75 Å². The highest BCUT2D eigenvalue weighted by Crippen LogP contribution is 2.47. The standard InChI is InChI=1S/C24H25FN2O5S2/c1-3-8-22-24(26-22)14-27(16-9-6-5-7-10-16)18-11-20(33-4-2)19(32-13-17(25)23(28)29)12-21(18)34(30,31)15-24/h5-7,9-13H,3-4,8,14-15H2,1-2H3,(H,28,29)/b17-13-/t24-/m0/s1. The molecule has 1 spiro atoms. The predicted molar refractivity (Wildman–Crippen MR) is 131 cm³/mol. The summed E-state index contributed by atoms with van der Waals surface area (Å²) in [6.07, 6.45) is 2.08. The zero-order valence-corrected chi connectivity index (χ0v) is 20.5. The third-order valence-corrected chi connectivity index (χ3v) is 8.46. The number of thioether (sulfide) groups is 1. The molecule has 2 heterocycles. The van der Waals surface area contributed by atoms with Gasteiger partial charge in [-0.05, 0) is 30.4 Å². The minimum Gasteiger partial charge on any atom is -0.476 e. The molecule has 0 aromatic heterocycles. The van der Waals surface area contributed by atoms with Crippen molar-refractivity contribution < 1.29 is 27.4 Å². The highest BCUT2D eigenvalue weighted by Gasteiger charge is 2.53. The molecule has 7 nitrogen and oxygen atoms in total. The van der Waals surface area contributed by atoms with E-state index in [0.29, 0.717) is 29.1 Å². The average molecular weight is 505 g/mol. The second-order valence-corrected chi connectivity index (χ2v) is 11.4. The molecule has 180 valence electrons. The van der Waals surface area contributed by atoms with Crippen LogP contribution >= 0.6 is 11.8 Å². The molecule has 10 heteroatoms. The van der Waals surface area contributed by atoms with Crippen LogP contribution in [0.25, 0.3) is 0 Å². The summed E-state index contributed by atoms with van der Waals surface area (Å²) in [5.74, 6) is -2.68. The zero-order chi connectivity index (χ0) is 24.5. The molecule has 1 N–H and O–H groups in total. The number of carboxylic acid groups (broad SMARTS) is 1. The number of sulfone groups is 1. The Kier molecular flexibility index (Phi) is 6.73. The average Bonchev–Trinajstić information content (AvgIpc) is 3.48. The van der Waals surface area contributed by atoms with Crippen LogP contribution in [0, 0.1) is 0 Å². The van der Waals surface area contributed by atoms with E-state index in [1.54, 1.807) is 6.07 Å². The first-order valence-corrected chi connectivity index (χ1v) is 13.6. The fourth-order valence-electron chi connectivity index (χ4n) is 4.14. The zero-order valence-electron chi connectivity index (χ0n) is 18.8. The van der Waals surface area contributed by atoms with E-state index >= 15 is 0 Å². The summed E-state index contributed by atoms with van der Waals surface area (Å²) in [5, 5.41) is 8.80. The number of ether oxygens (including phenoxy) is 1. The van der Waals surface area contributed by atoms with Crippen molar-refractivity contribution in [3.8, 4) is 5.75 Å². The number of aliphatic imine (C=N–C) groups is 1. The van der Waals surface area contributed by atoms with Crippen molar-refractivity contribution in [2.75, 3.05) is 23.0 Å². The van der Waals surface area contributed by atoms with E-state index in [-0.39, 0.29) is 16.4 Å². The number of carboxylic acids is 1. The summed E-state index contributed by atoms with van der Waals surface area (Å²) in [4.78, 5) is 18.1. The normalized spacial score (nSPS) is 21.0. The number of halogens is 1. The molecule has 4 rings (SSSR count). The number of para-hydroxylation sites is 1. The number of aliphatic carboxylic acids is 1. The van der Waals surface area contributed by atoms with Gasteiger partial charge in [0.2, 0.25) is 5.83 Å². The summed E-state index contributed by atoms with van der Waals surface area (Å²) in [7, 11) is -3.80. The Bertz CT molecular complexity index is 1280. The first kappa shape index (κ1) is 24.3. The number of rotatable bonds is 8. The minimum atomic E-state index is -3.80. The van der Waals surface area contributed by atoms with E-state index in [9.17, 15) is 17.6 Å². The molecule has 0 amide bonds. The van der Waals surface area contributed by atoms with Gasteiger partial charge in [0.25, 0.3) is 0 Å². The summed E-state index contributed by atoms with van der Waals surface area (Å²) < 4.78 is 46.1. The Morgan fingerprint density at radius 1 is 1.29 bits per heavy atom. The smallest absolute Gasteiger partial charge is 0.368 e. The lowest BCUT2D eigenvalue weighted by Crippen LogP contribution is -2.38. The van der Waals surface area contributed by atoms with Gasteiger partial charge in [0.1, 0.15) is 17.6 Å². The van der Waals surface area contributed by atoms with Crippen LogP contribution in [0.1, 0.15) is 26.7 Å². The molecule has 0 unspecified atom stereocenters. The molecule has 0 bridgehead atoms. The van der Waals surface area contributed by atoms with Gasteiger partial charge in [-0.1, -0.05) is 38.5 Å². The number of nitrogens with zero attached hydrogens (tertiary/aromatic N) is 2. The van der Waals surface area contributed by atoms with Crippen LogP contribution in [0.2, 0.25) is 0 Å². The summed E-state index contributed by atoms with van der Waals surface area (Å²) in [6.45, 7) is 4.34. The highest BCUT2D eigenvalue weighted by molar-refractivity contribution is 7.99. The molecule has 2 aromatic carbocycles. The second-order valence-electron chi connectivity index (χ2n) is 8.11. The summed E-state index contributed by atoms with van der Waals surface area (Å²) in [6, 6.07) is 12.6. The molecule has 0 saturated heterocycles. The van der Waals surface area contributed by atoms with Crippen molar-refractivity contribution in [1.29, 1.82) is 0 Å². The lowest BCUT2D eigenvalue weighted by Gasteiger charge is -2.28. The number of carbonyl (C=O) groups is 1. The summed E-state index contributed by atoms with van der Waals surface area (Å²) in [5.41, 5.74) is 1.44. The van der Waals surface area contributed by atoms with Gasteiger partial charge in [-0.2, -0.15) is 4.39 Å². The largest absolute Gasteiger partial charge is 0.476 e. The van der Waals surface area contributed by atoms with Crippen LogP contribution < -0.4 is 9.64 Å². The van der Waals surface area contributed by atoms with Gasteiger partial charge >= 0.3 is 5.97 Å². The molecule has 34 heavy (non-hydrogen) atoms. The van der Waals surface area contributed by atoms with Crippen molar-refractivity contribution in [3.63, 3.8) is 0 Å². The third-order valence-electron chi connectivity index (χ3n) is 5.68. The van der Waals surface area contributed by atoms with Crippen molar-refractivity contribution in [1.82, 2.24) is 0 Å². The molecule has 2 aliphatic heterocycles. The number of anilines is 2. The molecule has 1 atom stereocenters. The Labute approximate surface area is 202 Å². The number of hydrogen-bond acceptors (Lipinski definition) is 7. The Morgan fingerprint density at radius 3 is 2.68 bits per heavy atom. The fourth-order valence-corrected chi connectivity index (χ4v) is 6.77. The molecule has 0 saturated carbocycles. The Morgan fingerprint density at radius 2 is 2.03 bits per heavy atom. The van der Waals surface area contributed by atoms with Crippen LogP contribution in [-0.2, 0) is 14.6 Å². The van der Waals surface area contributed by atoms with Crippen molar-refractivity contribution in [3.05, 3.63) is 54.6 Å². The highest BCUT2D eigenvalue weighted by atomic mass is 32.2. The maximum atomic E-state index is 13.6. The van der Waals surface area contributed by atoms with Gasteiger partial charge in [-0.25, -0.2) is 13.2 Å². The topological polar surface area (TPSA) is 96.3 Å². The molecule has 0 fully saturated rings. The third kappa shape index (κ3) is 4.69. The first-order valence-electron chi connectivity index (χ1n) is 10.9. The Balaban J connectivity index is 1.88. The molecule has 0 aliphatic carbocycles. The van der Waals surface area contributed by atoms with Gasteiger partial charge in [0.15, 0.2) is 9.84 Å². The lowest BCUT2D eigenvalue weighted by molar-refractivity contribution is -0.134. The Hall–Kier alpha value is -2.85. The van der Waals surface area contributed by atoms with E-state index in [4.69, 9.17) is 9.84 Å². The molecular formula is C24H25FN2O5S2. The van der Waals surface area contributed by atoms with Crippen molar-refractivity contribution >= 4 is 44.7 Å². The van der Waals surface area contributed by atoms with Gasteiger partial charge in [-0.15, -0.1) is 11.8 Å². The van der Waals surface area contributed by atoms with E-state index in [0.717, 1.165) is 24.2 Å². The summed E-state index contributed by atoms with van der Waals surface area (Å²) >= 11 is 1.39. The van der Waals surface area contributed by atoms with E-state index in [1.807, 2.05) is 49.1 Å². The van der Waals surface area contributed by atoms with Gasteiger partial charge in [0.05, 0.1) is 27.8 Å². The van der Waals surface area contributed by atoms with Gasteiger partial charge < -0.3 is 14.7 Å². The van der Waals surface area contributed by atoms with E-state index in [1.165, 1.54) is 17.8 Å². The minimum absolute atomic E-state index is 0.0470. The van der Waals surface area contributed by atoms with Crippen LogP contribution in [0.3, 0.4) is 0 Å². The van der Waals surface area contributed by atoms with E-state index < -0.39 is 27.2 Å². The SMILES string of the molecule is CCCC1=N[C@]12CN(c1ccccc1)c1cc(SCC)c(O/C=C(\F)C(=O)O)cc1S(=O)(=O)C2. The molecular weight excluding hydrogens is 479 g/mol.